The first kappa shape index (κ1) is 14.5. The summed E-state index contributed by atoms with van der Waals surface area (Å²) in [4.78, 5) is 24.9. The van der Waals surface area contributed by atoms with Crippen LogP contribution in [-0.2, 0) is 27.8 Å². The molecule has 0 bridgehead atoms. The van der Waals surface area contributed by atoms with Crippen molar-refractivity contribution in [1.82, 2.24) is 14.7 Å². The summed E-state index contributed by atoms with van der Waals surface area (Å²) < 4.78 is 6.86. The van der Waals surface area contributed by atoms with Crippen molar-refractivity contribution in [3.63, 3.8) is 0 Å². The third-order valence-electron chi connectivity index (χ3n) is 3.72. The number of amides is 1. The van der Waals surface area contributed by atoms with E-state index in [1.165, 1.54) is 4.90 Å². The Hall–Kier alpha value is -1.89. The topological polar surface area (TPSA) is 84.7 Å². The summed E-state index contributed by atoms with van der Waals surface area (Å²) in [7, 11) is 1.82. The summed E-state index contributed by atoms with van der Waals surface area (Å²) in [6.45, 7) is 4.49. The van der Waals surface area contributed by atoms with Crippen LogP contribution in [0.15, 0.2) is 0 Å². The number of aryl methyl sites for hydroxylation is 2. The number of nitrogens with zero attached hydrogens (tertiary/aromatic N) is 3. The maximum atomic E-state index is 12.4. The highest BCUT2D eigenvalue weighted by Gasteiger charge is 2.33. The predicted molar refractivity (Wildman–Crippen MR) is 70.3 cm³/mol. The molecule has 1 N–H and O–H groups in total. The zero-order chi connectivity index (χ0) is 14.9. The van der Waals surface area contributed by atoms with Crippen LogP contribution in [0.2, 0.25) is 0 Å². The van der Waals surface area contributed by atoms with E-state index in [9.17, 15) is 9.59 Å². The fourth-order valence-corrected chi connectivity index (χ4v) is 2.43. The van der Waals surface area contributed by atoms with Crippen LogP contribution in [0, 0.1) is 13.8 Å². The molecule has 1 unspecified atom stereocenters. The van der Waals surface area contributed by atoms with Crippen LogP contribution in [0.3, 0.4) is 0 Å². The van der Waals surface area contributed by atoms with Crippen LogP contribution in [0.1, 0.15) is 17.0 Å². The van der Waals surface area contributed by atoms with Gasteiger partial charge in [0.2, 0.25) is 5.91 Å². The number of aliphatic carboxylic acids is 1. The number of carbonyl (C=O) groups excluding carboxylic acids is 1. The van der Waals surface area contributed by atoms with Crippen molar-refractivity contribution in [3.8, 4) is 0 Å². The molecular weight excluding hydrogens is 262 g/mol. The summed E-state index contributed by atoms with van der Waals surface area (Å²) in [6, 6.07) is -0.895. The zero-order valence-electron chi connectivity index (χ0n) is 11.9. The summed E-state index contributed by atoms with van der Waals surface area (Å²) in [5.74, 6) is -1.22. The lowest BCUT2D eigenvalue weighted by Gasteiger charge is -2.32. The number of carboxylic acids is 1. The van der Waals surface area contributed by atoms with Crippen LogP contribution in [-0.4, -0.2) is 57.5 Å². The van der Waals surface area contributed by atoms with Gasteiger partial charge in [-0.25, -0.2) is 4.79 Å². The van der Waals surface area contributed by atoms with E-state index < -0.39 is 12.0 Å². The lowest BCUT2D eigenvalue weighted by Crippen LogP contribution is -2.53. The Labute approximate surface area is 117 Å². The second kappa shape index (κ2) is 5.62. The number of ether oxygens (including phenoxy) is 1. The molecule has 1 amide bonds. The average molecular weight is 281 g/mol. The maximum absolute atomic E-state index is 12.4. The van der Waals surface area contributed by atoms with Crippen molar-refractivity contribution in [2.75, 3.05) is 19.8 Å². The van der Waals surface area contributed by atoms with Crippen LogP contribution in [0.5, 0.6) is 0 Å². The minimum atomic E-state index is -1.03. The second-order valence-corrected chi connectivity index (χ2v) is 4.97. The van der Waals surface area contributed by atoms with Gasteiger partial charge in [-0.3, -0.25) is 9.48 Å². The summed E-state index contributed by atoms with van der Waals surface area (Å²) >= 11 is 0. The van der Waals surface area contributed by atoms with E-state index in [1.54, 1.807) is 4.68 Å². The SMILES string of the molecule is Cc1nn(C)c(C)c1CC(=O)N1CCOCC1C(=O)O. The molecule has 7 heteroatoms. The quantitative estimate of drug-likeness (QED) is 0.835. The number of carbonyl (C=O) groups is 2. The van der Waals surface area contributed by atoms with Gasteiger partial charge in [0.25, 0.3) is 0 Å². The number of hydrogen-bond donors (Lipinski definition) is 1. The van der Waals surface area contributed by atoms with Gasteiger partial charge in [-0.15, -0.1) is 0 Å². The molecule has 20 heavy (non-hydrogen) atoms. The lowest BCUT2D eigenvalue weighted by molar-refractivity contribution is -0.158. The van der Waals surface area contributed by atoms with Crippen LogP contribution < -0.4 is 0 Å². The van der Waals surface area contributed by atoms with E-state index >= 15 is 0 Å². The molecule has 0 radical (unpaired) electrons. The lowest BCUT2D eigenvalue weighted by atomic mass is 10.1. The fraction of sp³-hybridized carbons (Fsp3) is 0.615. The monoisotopic (exact) mass is 281 g/mol. The highest BCUT2D eigenvalue weighted by atomic mass is 16.5. The molecule has 1 aliphatic heterocycles. The van der Waals surface area contributed by atoms with Crippen molar-refractivity contribution in [3.05, 3.63) is 17.0 Å². The highest BCUT2D eigenvalue weighted by Crippen LogP contribution is 2.16. The normalized spacial score (nSPS) is 19.1. The van der Waals surface area contributed by atoms with Gasteiger partial charge in [-0.1, -0.05) is 0 Å². The molecular formula is C13H19N3O4. The van der Waals surface area contributed by atoms with Crippen molar-refractivity contribution in [2.24, 2.45) is 7.05 Å². The molecule has 2 heterocycles. The molecule has 0 aromatic carbocycles. The third-order valence-corrected chi connectivity index (χ3v) is 3.72. The molecule has 1 aliphatic rings. The van der Waals surface area contributed by atoms with E-state index in [0.29, 0.717) is 13.2 Å². The molecule has 0 spiro atoms. The van der Waals surface area contributed by atoms with Crippen LogP contribution >= 0.6 is 0 Å². The van der Waals surface area contributed by atoms with E-state index in [2.05, 4.69) is 5.10 Å². The molecule has 1 aromatic rings. The Morgan fingerprint density at radius 1 is 1.45 bits per heavy atom. The van der Waals surface area contributed by atoms with Gasteiger partial charge < -0.3 is 14.7 Å². The molecule has 110 valence electrons. The van der Waals surface area contributed by atoms with Gasteiger partial charge in [0.1, 0.15) is 0 Å². The van der Waals surface area contributed by atoms with Crippen molar-refractivity contribution in [1.29, 1.82) is 0 Å². The van der Waals surface area contributed by atoms with Crippen molar-refractivity contribution in [2.45, 2.75) is 26.3 Å². The standard InChI is InChI=1S/C13H19N3O4/c1-8-10(9(2)15(3)14-8)6-12(17)16-4-5-20-7-11(16)13(18)19/h11H,4-7H2,1-3H3,(H,18,19). The molecule has 1 atom stereocenters. The molecule has 0 saturated carbocycles. The van der Waals surface area contributed by atoms with E-state index in [4.69, 9.17) is 9.84 Å². The van der Waals surface area contributed by atoms with Gasteiger partial charge in [0.15, 0.2) is 6.04 Å². The van der Waals surface area contributed by atoms with E-state index in [0.717, 1.165) is 17.0 Å². The Morgan fingerprint density at radius 2 is 2.15 bits per heavy atom. The van der Waals surface area contributed by atoms with Crippen molar-refractivity contribution >= 4 is 11.9 Å². The zero-order valence-corrected chi connectivity index (χ0v) is 11.9. The fourth-order valence-electron chi connectivity index (χ4n) is 2.43. The predicted octanol–water partition coefficient (Wildman–Crippen LogP) is -0.109. The first-order chi connectivity index (χ1) is 9.41. The largest absolute Gasteiger partial charge is 0.480 e. The van der Waals surface area contributed by atoms with Crippen LogP contribution in [0.25, 0.3) is 0 Å². The van der Waals surface area contributed by atoms with Gasteiger partial charge in [0, 0.05) is 24.8 Å². The van der Waals surface area contributed by atoms with E-state index in [1.807, 2.05) is 20.9 Å². The first-order valence-electron chi connectivity index (χ1n) is 6.51. The summed E-state index contributed by atoms with van der Waals surface area (Å²) in [5.41, 5.74) is 2.60. The smallest absolute Gasteiger partial charge is 0.328 e. The number of morpholine rings is 1. The van der Waals surface area contributed by atoms with Crippen molar-refractivity contribution < 1.29 is 19.4 Å². The molecule has 1 saturated heterocycles. The molecule has 2 rings (SSSR count). The Morgan fingerprint density at radius 3 is 2.70 bits per heavy atom. The van der Waals surface area contributed by atoms with E-state index in [-0.39, 0.29) is 18.9 Å². The summed E-state index contributed by atoms with van der Waals surface area (Å²) in [6.07, 6.45) is 0.176. The van der Waals surface area contributed by atoms with Gasteiger partial charge in [-0.2, -0.15) is 5.10 Å². The Kier molecular flexibility index (Phi) is 4.08. The molecule has 1 fully saturated rings. The third kappa shape index (κ3) is 2.67. The number of hydrogen-bond acceptors (Lipinski definition) is 4. The minimum absolute atomic E-state index is 0.0477. The number of rotatable bonds is 3. The Bertz CT molecular complexity index is 538. The first-order valence-corrected chi connectivity index (χ1v) is 6.51. The molecule has 7 nitrogen and oxygen atoms in total. The number of aromatic nitrogens is 2. The average Bonchev–Trinajstić information content (AvgIpc) is 2.65. The minimum Gasteiger partial charge on any atom is -0.480 e. The molecule has 1 aromatic heterocycles. The Balaban J connectivity index is 2.16. The van der Waals surface area contributed by atoms with Gasteiger partial charge in [0.05, 0.1) is 25.3 Å². The van der Waals surface area contributed by atoms with Gasteiger partial charge in [-0.05, 0) is 13.8 Å². The second-order valence-electron chi connectivity index (χ2n) is 4.97. The highest BCUT2D eigenvalue weighted by molar-refractivity contribution is 5.85. The number of carboxylic acid groups (broad SMARTS) is 1. The van der Waals surface area contributed by atoms with Gasteiger partial charge >= 0.3 is 5.97 Å². The van der Waals surface area contributed by atoms with Crippen LogP contribution in [0.4, 0.5) is 0 Å². The maximum Gasteiger partial charge on any atom is 0.328 e. The molecule has 0 aliphatic carbocycles. The summed E-state index contributed by atoms with van der Waals surface area (Å²) in [5, 5.41) is 13.4.